The molecule has 0 aromatic rings. The Morgan fingerprint density at radius 2 is 2.05 bits per heavy atom. The number of imide groups is 1. The number of hydrogen-bond donors (Lipinski definition) is 0. The van der Waals surface area contributed by atoms with Crippen LogP contribution in [0, 0.1) is 0 Å². The first-order valence-electron chi connectivity index (χ1n) is 7.21. The molecule has 2 aliphatic heterocycles. The Kier molecular flexibility index (Phi) is 4.22. The molecule has 2 heterocycles. The van der Waals surface area contributed by atoms with Crippen LogP contribution in [0.1, 0.15) is 27.2 Å². The van der Waals surface area contributed by atoms with Crippen LogP contribution in [0.5, 0.6) is 0 Å². The molecule has 0 spiro atoms. The molecule has 7 nitrogen and oxygen atoms in total. The van der Waals surface area contributed by atoms with Crippen molar-refractivity contribution >= 4 is 17.8 Å². The number of carbonyl (C=O) groups excluding carboxylic acids is 3. The first-order chi connectivity index (χ1) is 9.69. The second-order valence-electron chi connectivity index (χ2n) is 6.37. The number of nitrogens with zero attached hydrogens (tertiary/aromatic N) is 3. The summed E-state index contributed by atoms with van der Waals surface area (Å²) < 4.78 is 5.77. The summed E-state index contributed by atoms with van der Waals surface area (Å²) in [6.07, 6.45) is 0.236. The summed E-state index contributed by atoms with van der Waals surface area (Å²) >= 11 is 0. The van der Waals surface area contributed by atoms with Gasteiger partial charge in [0, 0.05) is 33.1 Å². The number of urea groups is 1. The summed E-state index contributed by atoms with van der Waals surface area (Å²) in [4.78, 5) is 40.1. The Balaban J connectivity index is 1.98. The van der Waals surface area contributed by atoms with E-state index < -0.39 is 6.03 Å². The SMILES string of the molecule is CC1CN(C(=O)CN2CCC(=O)N(C)C2=O)CC(C)(C)O1. The molecule has 0 aliphatic carbocycles. The van der Waals surface area contributed by atoms with E-state index >= 15 is 0 Å². The van der Waals surface area contributed by atoms with Crippen LogP contribution in [-0.4, -0.2) is 77.5 Å². The van der Waals surface area contributed by atoms with Gasteiger partial charge in [-0.1, -0.05) is 0 Å². The smallest absolute Gasteiger partial charge is 0.326 e. The topological polar surface area (TPSA) is 70.2 Å². The molecular weight excluding hydrogens is 274 g/mol. The number of carbonyl (C=O) groups is 3. The van der Waals surface area contributed by atoms with Crippen molar-refractivity contribution in [2.75, 3.05) is 33.2 Å². The van der Waals surface area contributed by atoms with Crippen molar-refractivity contribution in [1.29, 1.82) is 0 Å². The predicted octanol–water partition coefficient (Wildman–Crippen LogP) is 0.296. The van der Waals surface area contributed by atoms with Crippen molar-refractivity contribution in [2.24, 2.45) is 0 Å². The van der Waals surface area contributed by atoms with Crippen LogP contribution < -0.4 is 0 Å². The summed E-state index contributed by atoms with van der Waals surface area (Å²) in [5, 5.41) is 0. The fraction of sp³-hybridized carbons (Fsp3) is 0.786. The highest BCUT2D eigenvalue weighted by molar-refractivity contribution is 5.97. The second kappa shape index (κ2) is 5.63. The lowest BCUT2D eigenvalue weighted by atomic mass is 10.1. The maximum absolute atomic E-state index is 12.4. The average molecular weight is 297 g/mol. The van der Waals surface area contributed by atoms with Crippen molar-refractivity contribution in [3.8, 4) is 0 Å². The third-order valence-corrected chi connectivity index (χ3v) is 3.78. The van der Waals surface area contributed by atoms with Gasteiger partial charge in [-0.25, -0.2) is 4.79 Å². The maximum atomic E-state index is 12.4. The Hall–Kier alpha value is -1.63. The molecular formula is C14H23N3O4. The molecule has 1 unspecified atom stereocenters. The molecule has 0 N–H and O–H groups in total. The lowest BCUT2D eigenvalue weighted by molar-refractivity contribution is -0.159. The number of hydrogen-bond acceptors (Lipinski definition) is 4. The number of morpholine rings is 1. The molecule has 2 saturated heterocycles. The van der Waals surface area contributed by atoms with E-state index in [2.05, 4.69) is 0 Å². The molecule has 0 aromatic carbocycles. The Morgan fingerprint density at radius 1 is 1.38 bits per heavy atom. The van der Waals surface area contributed by atoms with Crippen LogP contribution in [0.15, 0.2) is 0 Å². The molecule has 0 aromatic heterocycles. The lowest BCUT2D eigenvalue weighted by Gasteiger charge is -2.42. The molecule has 118 valence electrons. The highest BCUT2D eigenvalue weighted by atomic mass is 16.5. The lowest BCUT2D eigenvalue weighted by Crippen LogP contribution is -2.58. The fourth-order valence-corrected chi connectivity index (χ4v) is 2.87. The zero-order valence-electron chi connectivity index (χ0n) is 13.1. The van der Waals surface area contributed by atoms with Gasteiger partial charge in [-0.05, 0) is 20.8 Å². The van der Waals surface area contributed by atoms with E-state index in [-0.39, 0.29) is 36.5 Å². The van der Waals surface area contributed by atoms with Gasteiger partial charge in [0.25, 0.3) is 0 Å². The van der Waals surface area contributed by atoms with Crippen LogP contribution >= 0.6 is 0 Å². The van der Waals surface area contributed by atoms with Gasteiger partial charge in [0.05, 0.1) is 11.7 Å². The minimum absolute atomic E-state index is 0.0131. The largest absolute Gasteiger partial charge is 0.369 e. The van der Waals surface area contributed by atoms with Crippen molar-refractivity contribution in [2.45, 2.75) is 38.9 Å². The van der Waals surface area contributed by atoms with E-state index in [9.17, 15) is 14.4 Å². The Labute approximate surface area is 124 Å². The Morgan fingerprint density at radius 3 is 2.67 bits per heavy atom. The number of ether oxygens (including phenoxy) is 1. The number of amides is 4. The summed E-state index contributed by atoms with van der Waals surface area (Å²) in [7, 11) is 1.45. The summed E-state index contributed by atoms with van der Waals surface area (Å²) in [6.45, 7) is 7.17. The van der Waals surface area contributed by atoms with Crippen LogP contribution in [-0.2, 0) is 14.3 Å². The molecule has 0 bridgehead atoms. The molecule has 0 saturated carbocycles. The zero-order valence-corrected chi connectivity index (χ0v) is 13.1. The second-order valence-corrected chi connectivity index (χ2v) is 6.37. The highest BCUT2D eigenvalue weighted by Gasteiger charge is 2.36. The molecule has 7 heteroatoms. The Bertz CT molecular complexity index is 463. The summed E-state index contributed by atoms with van der Waals surface area (Å²) in [6, 6.07) is -0.403. The maximum Gasteiger partial charge on any atom is 0.326 e. The molecule has 2 aliphatic rings. The monoisotopic (exact) mass is 297 g/mol. The average Bonchev–Trinajstić information content (AvgIpc) is 2.37. The van der Waals surface area contributed by atoms with Gasteiger partial charge in [-0.3, -0.25) is 14.5 Å². The van der Waals surface area contributed by atoms with Crippen LogP contribution in [0.25, 0.3) is 0 Å². The van der Waals surface area contributed by atoms with E-state index in [1.165, 1.54) is 11.9 Å². The minimum Gasteiger partial charge on any atom is -0.369 e. The van der Waals surface area contributed by atoms with Crippen LogP contribution in [0.2, 0.25) is 0 Å². The summed E-state index contributed by atoms with van der Waals surface area (Å²) in [5.41, 5.74) is -0.383. The number of rotatable bonds is 2. The van der Waals surface area contributed by atoms with Crippen molar-refractivity contribution in [3.63, 3.8) is 0 Å². The highest BCUT2D eigenvalue weighted by Crippen LogP contribution is 2.21. The van der Waals surface area contributed by atoms with Crippen LogP contribution in [0.4, 0.5) is 4.79 Å². The van der Waals surface area contributed by atoms with E-state index in [0.29, 0.717) is 19.6 Å². The first-order valence-corrected chi connectivity index (χ1v) is 7.21. The van der Waals surface area contributed by atoms with Crippen molar-refractivity contribution in [3.05, 3.63) is 0 Å². The van der Waals surface area contributed by atoms with Gasteiger partial charge < -0.3 is 14.5 Å². The van der Waals surface area contributed by atoms with Gasteiger partial charge in [-0.15, -0.1) is 0 Å². The summed E-state index contributed by atoms with van der Waals surface area (Å²) in [5.74, 6) is -0.306. The van der Waals surface area contributed by atoms with E-state index in [4.69, 9.17) is 4.74 Å². The third-order valence-electron chi connectivity index (χ3n) is 3.78. The first kappa shape index (κ1) is 15.8. The molecule has 2 rings (SSSR count). The molecule has 1 atom stereocenters. The van der Waals surface area contributed by atoms with Gasteiger partial charge in [0.15, 0.2) is 0 Å². The van der Waals surface area contributed by atoms with Crippen molar-refractivity contribution in [1.82, 2.24) is 14.7 Å². The van der Waals surface area contributed by atoms with Gasteiger partial charge >= 0.3 is 6.03 Å². The van der Waals surface area contributed by atoms with Crippen molar-refractivity contribution < 1.29 is 19.1 Å². The predicted molar refractivity (Wildman–Crippen MR) is 75.6 cm³/mol. The fourth-order valence-electron chi connectivity index (χ4n) is 2.87. The van der Waals surface area contributed by atoms with E-state index in [1.54, 1.807) is 4.90 Å². The van der Waals surface area contributed by atoms with E-state index in [1.807, 2.05) is 20.8 Å². The molecule has 4 amide bonds. The zero-order chi connectivity index (χ0) is 15.8. The minimum atomic E-state index is -0.403. The van der Waals surface area contributed by atoms with E-state index in [0.717, 1.165) is 4.90 Å². The van der Waals surface area contributed by atoms with Gasteiger partial charge in [0.1, 0.15) is 6.54 Å². The van der Waals surface area contributed by atoms with Gasteiger partial charge in [0.2, 0.25) is 11.8 Å². The molecule has 2 fully saturated rings. The molecule has 0 radical (unpaired) electrons. The third kappa shape index (κ3) is 3.53. The van der Waals surface area contributed by atoms with Crippen LogP contribution in [0.3, 0.4) is 0 Å². The normalized spacial score (nSPS) is 26.3. The van der Waals surface area contributed by atoms with Gasteiger partial charge in [-0.2, -0.15) is 0 Å². The standard InChI is InChI=1S/C14H23N3O4/c1-10-7-17(9-14(2,3)21-10)12(19)8-16-6-5-11(18)15(4)13(16)20/h10H,5-9H2,1-4H3. The quantitative estimate of drug-likeness (QED) is 0.735. The molecule has 21 heavy (non-hydrogen) atoms.